The van der Waals surface area contributed by atoms with E-state index in [1.807, 2.05) is 0 Å². The molecule has 1 saturated carbocycles. The molecular weight excluding hydrogens is 196 g/mol. The highest BCUT2D eigenvalue weighted by atomic mass is 15.2. The molecule has 16 heavy (non-hydrogen) atoms. The van der Waals surface area contributed by atoms with Crippen LogP contribution >= 0.6 is 0 Å². The first-order valence-corrected chi connectivity index (χ1v) is 7.16. The third-order valence-electron chi connectivity index (χ3n) is 4.38. The van der Waals surface area contributed by atoms with E-state index in [0.717, 1.165) is 30.5 Å². The Labute approximate surface area is 101 Å². The molecule has 2 aliphatic rings. The molecule has 0 spiro atoms. The third-order valence-corrected chi connectivity index (χ3v) is 4.38. The van der Waals surface area contributed by atoms with Gasteiger partial charge in [-0.25, -0.2) is 0 Å². The molecule has 94 valence electrons. The molecule has 0 radical (unpaired) electrons. The highest BCUT2D eigenvalue weighted by Crippen LogP contribution is 2.32. The van der Waals surface area contributed by atoms with Gasteiger partial charge < -0.3 is 5.32 Å². The summed E-state index contributed by atoms with van der Waals surface area (Å²) in [6, 6.07) is 1.64. The van der Waals surface area contributed by atoms with Crippen molar-refractivity contribution in [2.75, 3.05) is 19.6 Å². The van der Waals surface area contributed by atoms with Gasteiger partial charge in [0.15, 0.2) is 0 Å². The van der Waals surface area contributed by atoms with Gasteiger partial charge in [-0.15, -0.1) is 0 Å². The molecule has 0 bridgehead atoms. The Kier molecular flexibility index (Phi) is 4.26. The summed E-state index contributed by atoms with van der Waals surface area (Å²) in [5, 5.41) is 3.59. The van der Waals surface area contributed by atoms with Crippen molar-refractivity contribution in [1.82, 2.24) is 10.2 Å². The lowest BCUT2D eigenvalue weighted by Crippen LogP contribution is -2.41. The van der Waals surface area contributed by atoms with Gasteiger partial charge in [0.2, 0.25) is 0 Å². The fourth-order valence-electron chi connectivity index (χ4n) is 3.78. The molecule has 2 heteroatoms. The number of nitrogens with one attached hydrogen (secondary N) is 1. The van der Waals surface area contributed by atoms with Gasteiger partial charge in [-0.1, -0.05) is 20.8 Å². The second-order valence-corrected chi connectivity index (χ2v) is 6.11. The molecule has 0 aromatic carbocycles. The van der Waals surface area contributed by atoms with Crippen LogP contribution in [0.5, 0.6) is 0 Å². The van der Waals surface area contributed by atoms with Crippen LogP contribution in [-0.4, -0.2) is 36.6 Å². The van der Waals surface area contributed by atoms with Crippen molar-refractivity contribution in [3.05, 3.63) is 0 Å². The Morgan fingerprint density at radius 3 is 2.44 bits per heavy atom. The van der Waals surface area contributed by atoms with Crippen molar-refractivity contribution >= 4 is 0 Å². The van der Waals surface area contributed by atoms with Crippen molar-refractivity contribution in [3.8, 4) is 0 Å². The van der Waals surface area contributed by atoms with Crippen molar-refractivity contribution in [2.24, 2.45) is 11.8 Å². The van der Waals surface area contributed by atoms with Gasteiger partial charge in [0.1, 0.15) is 0 Å². The fourth-order valence-corrected chi connectivity index (χ4v) is 3.78. The Bertz CT molecular complexity index is 207. The molecule has 2 fully saturated rings. The van der Waals surface area contributed by atoms with E-state index in [2.05, 4.69) is 31.0 Å². The maximum atomic E-state index is 3.59. The van der Waals surface area contributed by atoms with Crippen LogP contribution in [0, 0.1) is 11.8 Å². The lowest BCUT2D eigenvalue weighted by atomic mass is 9.80. The SMILES string of the molecule is CCNC1CCN(C2CC(C)CC(C)C2)C1. The first kappa shape index (κ1) is 12.4. The Balaban J connectivity index is 1.84. The summed E-state index contributed by atoms with van der Waals surface area (Å²) >= 11 is 0. The zero-order valence-corrected chi connectivity index (χ0v) is 11.2. The van der Waals surface area contributed by atoms with Gasteiger partial charge in [0.05, 0.1) is 0 Å². The number of likely N-dealkylation sites (tertiary alicyclic amines) is 1. The first-order valence-electron chi connectivity index (χ1n) is 7.16. The summed E-state index contributed by atoms with van der Waals surface area (Å²) in [6.45, 7) is 10.8. The van der Waals surface area contributed by atoms with Gasteiger partial charge in [-0.3, -0.25) is 4.90 Å². The highest BCUT2D eigenvalue weighted by Gasteiger charge is 2.32. The minimum absolute atomic E-state index is 0.762. The largest absolute Gasteiger partial charge is 0.313 e. The van der Waals surface area contributed by atoms with E-state index in [-0.39, 0.29) is 0 Å². The molecule has 0 aromatic rings. The zero-order valence-electron chi connectivity index (χ0n) is 11.2. The Hall–Kier alpha value is -0.0800. The molecule has 0 aromatic heterocycles. The second-order valence-electron chi connectivity index (χ2n) is 6.11. The number of hydrogen-bond acceptors (Lipinski definition) is 2. The van der Waals surface area contributed by atoms with E-state index in [1.165, 1.54) is 38.8 Å². The zero-order chi connectivity index (χ0) is 11.5. The maximum Gasteiger partial charge on any atom is 0.0207 e. The maximum absolute atomic E-state index is 3.59. The molecular formula is C14H28N2. The summed E-state index contributed by atoms with van der Waals surface area (Å²) < 4.78 is 0. The molecule has 1 aliphatic carbocycles. The van der Waals surface area contributed by atoms with Crippen LogP contribution in [0.3, 0.4) is 0 Å². The number of hydrogen-bond donors (Lipinski definition) is 1. The molecule has 2 nitrogen and oxygen atoms in total. The summed E-state index contributed by atoms with van der Waals surface area (Å²) in [5.41, 5.74) is 0. The van der Waals surface area contributed by atoms with Crippen molar-refractivity contribution < 1.29 is 0 Å². The molecule has 2 rings (SSSR count). The van der Waals surface area contributed by atoms with Gasteiger partial charge in [0.25, 0.3) is 0 Å². The second kappa shape index (κ2) is 5.50. The summed E-state index contributed by atoms with van der Waals surface area (Å²) in [4.78, 5) is 2.75. The van der Waals surface area contributed by atoms with Gasteiger partial charge in [0, 0.05) is 25.2 Å². The van der Waals surface area contributed by atoms with Crippen molar-refractivity contribution in [2.45, 2.75) is 58.5 Å². The standard InChI is InChI=1S/C14H28N2/c1-4-15-13-5-6-16(10-13)14-8-11(2)7-12(3)9-14/h11-15H,4-10H2,1-3H3. The lowest BCUT2D eigenvalue weighted by Gasteiger charge is -2.37. The van der Waals surface area contributed by atoms with Crippen molar-refractivity contribution in [1.29, 1.82) is 0 Å². The average Bonchev–Trinajstić information content (AvgIpc) is 2.65. The smallest absolute Gasteiger partial charge is 0.0207 e. The molecule has 1 N–H and O–H groups in total. The van der Waals surface area contributed by atoms with Crippen LogP contribution in [0.4, 0.5) is 0 Å². The van der Waals surface area contributed by atoms with Gasteiger partial charge in [-0.05, 0) is 44.1 Å². The Morgan fingerprint density at radius 1 is 1.12 bits per heavy atom. The topological polar surface area (TPSA) is 15.3 Å². The van der Waals surface area contributed by atoms with Crippen LogP contribution in [0.2, 0.25) is 0 Å². The Morgan fingerprint density at radius 2 is 1.81 bits per heavy atom. The minimum Gasteiger partial charge on any atom is -0.313 e. The summed E-state index contributed by atoms with van der Waals surface area (Å²) in [6.07, 6.45) is 5.67. The molecule has 1 saturated heterocycles. The van der Waals surface area contributed by atoms with E-state index in [9.17, 15) is 0 Å². The quantitative estimate of drug-likeness (QED) is 0.792. The molecule has 0 amide bonds. The molecule has 1 aliphatic heterocycles. The monoisotopic (exact) mass is 224 g/mol. The normalized spacial score (nSPS) is 41.4. The molecule has 1 heterocycles. The van der Waals surface area contributed by atoms with E-state index in [1.54, 1.807) is 0 Å². The average molecular weight is 224 g/mol. The van der Waals surface area contributed by atoms with Gasteiger partial charge in [-0.2, -0.15) is 0 Å². The fraction of sp³-hybridized carbons (Fsp3) is 1.00. The number of likely N-dealkylation sites (N-methyl/N-ethyl adjacent to an activating group) is 1. The summed E-state index contributed by atoms with van der Waals surface area (Å²) in [5.74, 6) is 1.87. The lowest BCUT2D eigenvalue weighted by molar-refractivity contribution is 0.130. The van der Waals surface area contributed by atoms with E-state index < -0.39 is 0 Å². The van der Waals surface area contributed by atoms with E-state index in [4.69, 9.17) is 0 Å². The van der Waals surface area contributed by atoms with Crippen LogP contribution in [0.25, 0.3) is 0 Å². The number of rotatable bonds is 3. The highest BCUT2D eigenvalue weighted by molar-refractivity contribution is 4.88. The predicted molar refractivity (Wildman–Crippen MR) is 69.6 cm³/mol. The van der Waals surface area contributed by atoms with Gasteiger partial charge >= 0.3 is 0 Å². The first-order chi connectivity index (χ1) is 7.69. The van der Waals surface area contributed by atoms with E-state index in [0.29, 0.717) is 0 Å². The molecule has 3 unspecified atom stereocenters. The van der Waals surface area contributed by atoms with E-state index >= 15 is 0 Å². The summed E-state index contributed by atoms with van der Waals surface area (Å²) in [7, 11) is 0. The number of nitrogens with zero attached hydrogens (tertiary/aromatic N) is 1. The van der Waals surface area contributed by atoms with Crippen LogP contribution in [0.15, 0.2) is 0 Å². The molecule has 3 atom stereocenters. The minimum atomic E-state index is 0.762. The van der Waals surface area contributed by atoms with Crippen LogP contribution in [-0.2, 0) is 0 Å². The predicted octanol–water partition coefficient (Wildman–Crippen LogP) is 2.49. The van der Waals surface area contributed by atoms with Crippen LogP contribution in [0.1, 0.15) is 46.5 Å². The third kappa shape index (κ3) is 2.98. The van der Waals surface area contributed by atoms with Crippen molar-refractivity contribution in [3.63, 3.8) is 0 Å². The van der Waals surface area contributed by atoms with Crippen LogP contribution < -0.4 is 5.32 Å².